The number of carbonyl (C=O) groups is 2. The van der Waals surface area contributed by atoms with Crippen molar-refractivity contribution in [2.24, 2.45) is 0 Å². The van der Waals surface area contributed by atoms with Crippen LogP contribution in [0.2, 0.25) is 0 Å². The third-order valence-corrected chi connectivity index (χ3v) is 3.45. The molecule has 0 saturated carbocycles. The van der Waals surface area contributed by atoms with Crippen LogP contribution in [-0.4, -0.2) is 38.3 Å². The van der Waals surface area contributed by atoms with Crippen LogP contribution in [0, 0.1) is 0 Å². The second kappa shape index (κ2) is 6.83. The van der Waals surface area contributed by atoms with Crippen LogP contribution in [0.25, 0.3) is 0 Å². The minimum atomic E-state index is -1.01. The van der Waals surface area contributed by atoms with E-state index in [4.69, 9.17) is 14.6 Å². The molecule has 0 aliphatic carbocycles. The predicted molar refractivity (Wildman–Crippen MR) is 85.7 cm³/mol. The Labute approximate surface area is 133 Å². The van der Waals surface area contributed by atoms with Gasteiger partial charge in [-0.25, -0.2) is 4.79 Å². The molecule has 0 aliphatic heterocycles. The van der Waals surface area contributed by atoms with Gasteiger partial charge in [-0.05, 0) is 36.4 Å². The van der Waals surface area contributed by atoms with E-state index in [0.29, 0.717) is 22.7 Å². The van der Waals surface area contributed by atoms with Gasteiger partial charge in [0.1, 0.15) is 11.5 Å². The number of rotatable bonds is 5. The van der Waals surface area contributed by atoms with Gasteiger partial charge in [0.25, 0.3) is 5.91 Å². The minimum absolute atomic E-state index is 0.164. The van der Waals surface area contributed by atoms with Crippen LogP contribution in [0.4, 0.5) is 5.69 Å². The maximum atomic E-state index is 12.6. The third-order valence-electron chi connectivity index (χ3n) is 3.45. The quantitative estimate of drug-likeness (QED) is 0.918. The number of amides is 1. The van der Waals surface area contributed by atoms with Crippen molar-refractivity contribution in [3.8, 4) is 11.5 Å². The van der Waals surface area contributed by atoms with Crippen molar-refractivity contribution < 1.29 is 24.2 Å². The first kappa shape index (κ1) is 16.4. The van der Waals surface area contributed by atoms with Gasteiger partial charge in [0.2, 0.25) is 0 Å². The molecule has 23 heavy (non-hydrogen) atoms. The number of carbonyl (C=O) groups excluding carboxylic acids is 1. The first-order chi connectivity index (χ1) is 11.0. The van der Waals surface area contributed by atoms with Crippen molar-refractivity contribution in [3.63, 3.8) is 0 Å². The maximum Gasteiger partial charge on any atom is 0.335 e. The molecule has 0 bridgehead atoms. The van der Waals surface area contributed by atoms with E-state index in [1.807, 2.05) is 0 Å². The SMILES string of the molecule is COc1ccc(C(=O)N(C)c2ccc(C(=O)O)cc2)c(OC)c1. The molecule has 6 nitrogen and oxygen atoms in total. The van der Waals surface area contributed by atoms with E-state index < -0.39 is 5.97 Å². The number of ether oxygens (including phenoxy) is 2. The third kappa shape index (κ3) is 3.42. The average Bonchev–Trinajstić information content (AvgIpc) is 2.59. The summed E-state index contributed by atoms with van der Waals surface area (Å²) in [4.78, 5) is 24.9. The lowest BCUT2D eigenvalue weighted by atomic mass is 10.1. The van der Waals surface area contributed by atoms with Crippen LogP contribution in [0.5, 0.6) is 11.5 Å². The van der Waals surface area contributed by atoms with Gasteiger partial charge >= 0.3 is 5.97 Å². The Hall–Kier alpha value is -3.02. The number of carboxylic acids is 1. The number of hydrogen-bond donors (Lipinski definition) is 1. The molecule has 0 atom stereocenters. The fourth-order valence-electron chi connectivity index (χ4n) is 2.10. The van der Waals surface area contributed by atoms with Crippen molar-refractivity contribution in [3.05, 3.63) is 53.6 Å². The Morgan fingerprint density at radius 3 is 2.17 bits per heavy atom. The van der Waals surface area contributed by atoms with E-state index in [0.717, 1.165) is 0 Å². The highest BCUT2D eigenvalue weighted by molar-refractivity contribution is 6.07. The summed E-state index contributed by atoms with van der Waals surface area (Å²) in [5.74, 6) is -0.287. The molecule has 120 valence electrons. The largest absolute Gasteiger partial charge is 0.497 e. The molecule has 2 aromatic rings. The summed E-state index contributed by atoms with van der Waals surface area (Å²) in [6.07, 6.45) is 0. The topological polar surface area (TPSA) is 76.1 Å². The first-order valence-electron chi connectivity index (χ1n) is 6.81. The van der Waals surface area contributed by atoms with Gasteiger partial charge in [-0.2, -0.15) is 0 Å². The number of methoxy groups -OCH3 is 2. The highest BCUT2D eigenvalue weighted by atomic mass is 16.5. The Morgan fingerprint density at radius 1 is 1.00 bits per heavy atom. The number of aromatic carboxylic acids is 1. The van der Waals surface area contributed by atoms with Gasteiger partial charge in [-0.3, -0.25) is 4.79 Å². The monoisotopic (exact) mass is 315 g/mol. The molecular formula is C17H17NO5. The standard InChI is InChI=1S/C17H17NO5/c1-18(12-6-4-11(5-7-12)17(20)21)16(19)14-9-8-13(22-2)10-15(14)23-3/h4-10H,1-3H3,(H,20,21). The van der Waals surface area contributed by atoms with Crippen molar-refractivity contribution in [1.82, 2.24) is 0 Å². The van der Waals surface area contributed by atoms with E-state index in [-0.39, 0.29) is 11.5 Å². The van der Waals surface area contributed by atoms with Gasteiger partial charge in [0.15, 0.2) is 0 Å². The lowest BCUT2D eigenvalue weighted by molar-refractivity contribution is 0.0696. The fraction of sp³-hybridized carbons (Fsp3) is 0.176. The Bertz CT molecular complexity index is 724. The second-order valence-corrected chi connectivity index (χ2v) is 4.78. The highest BCUT2D eigenvalue weighted by Crippen LogP contribution is 2.27. The van der Waals surface area contributed by atoms with Gasteiger partial charge < -0.3 is 19.5 Å². The molecule has 0 unspecified atom stereocenters. The van der Waals surface area contributed by atoms with E-state index in [9.17, 15) is 9.59 Å². The zero-order valence-electron chi connectivity index (χ0n) is 13.1. The van der Waals surface area contributed by atoms with Crippen LogP contribution in [-0.2, 0) is 0 Å². The van der Waals surface area contributed by atoms with Crippen LogP contribution < -0.4 is 14.4 Å². The molecule has 0 spiro atoms. The molecular weight excluding hydrogens is 298 g/mol. The highest BCUT2D eigenvalue weighted by Gasteiger charge is 2.19. The second-order valence-electron chi connectivity index (χ2n) is 4.78. The zero-order chi connectivity index (χ0) is 17.0. The van der Waals surface area contributed by atoms with Crippen molar-refractivity contribution in [2.75, 3.05) is 26.2 Å². The number of nitrogens with zero attached hydrogens (tertiary/aromatic N) is 1. The lowest BCUT2D eigenvalue weighted by Gasteiger charge is -2.19. The molecule has 2 rings (SSSR count). The van der Waals surface area contributed by atoms with Crippen LogP contribution >= 0.6 is 0 Å². The van der Waals surface area contributed by atoms with E-state index in [2.05, 4.69) is 0 Å². The zero-order valence-corrected chi connectivity index (χ0v) is 13.1. The smallest absolute Gasteiger partial charge is 0.335 e. The summed E-state index contributed by atoms with van der Waals surface area (Å²) in [7, 11) is 4.63. The molecule has 1 N–H and O–H groups in total. The van der Waals surface area contributed by atoms with E-state index in [1.165, 1.54) is 31.3 Å². The average molecular weight is 315 g/mol. The molecule has 0 aromatic heterocycles. The van der Waals surface area contributed by atoms with E-state index in [1.54, 1.807) is 37.4 Å². The normalized spacial score (nSPS) is 10.0. The van der Waals surface area contributed by atoms with Gasteiger partial charge in [-0.15, -0.1) is 0 Å². The van der Waals surface area contributed by atoms with Crippen LogP contribution in [0.3, 0.4) is 0 Å². The van der Waals surface area contributed by atoms with Gasteiger partial charge in [-0.1, -0.05) is 0 Å². The summed E-state index contributed by atoms with van der Waals surface area (Å²) in [5, 5.41) is 8.91. The molecule has 2 aromatic carbocycles. The van der Waals surface area contributed by atoms with E-state index >= 15 is 0 Å². The van der Waals surface area contributed by atoms with Gasteiger partial charge in [0.05, 0.1) is 25.3 Å². The summed E-state index contributed by atoms with van der Waals surface area (Å²) in [5.41, 5.74) is 1.13. The molecule has 0 radical (unpaired) electrons. The van der Waals surface area contributed by atoms with Crippen molar-refractivity contribution >= 4 is 17.6 Å². The fourth-order valence-corrected chi connectivity index (χ4v) is 2.10. The number of carboxylic acid groups (broad SMARTS) is 1. The molecule has 0 saturated heterocycles. The summed E-state index contributed by atoms with van der Waals surface area (Å²) < 4.78 is 10.4. The minimum Gasteiger partial charge on any atom is -0.497 e. The molecule has 0 fully saturated rings. The summed E-state index contributed by atoms with van der Waals surface area (Å²) in [6.45, 7) is 0. The van der Waals surface area contributed by atoms with Crippen molar-refractivity contribution in [2.45, 2.75) is 0 Å². The molecule has 0 aliphatic rings. The molecule has 1 amide bonds. The van der Waals surface area contributed by atoms with Crippen molar-refractivity contribution in [1.29, 1.82) is 0 Å². The van der Waals surface area contributed by atoms with Crippen LogP contribution in [0.1, 0.15) is 20.7 Å². The lowest BCUT2D eigenvalue weighted by Crippen LogP contribution is -2.26. The Balaban J connectivity index is 2.30. The van der Waals surface area contributed by atoms with Crippen LogP contribution in [0.15, 0.2) is 42.5 Å². The summed E-state index contributed by atoms with van der Waals surface area (Å²) in [6, 6.07) is 11.0. The number of benzene rings is 2. The molecule has 6 heteroatoms. The maximum absolute atomic E-state index is 12.6. The number of anilines is 1. The predicted octanol–water partition coefficient (Wildman–Crippen LogP) is 2.68. The Morgan fingerprint density at radius 2 is 1.65 bits per heavy atom. The Kier molecular flexibility index (Phi) is 4.85. The first-order valence-corrected chi connectivity index (χ1v) is 6.81. The summed E-state index contributed by atoms with van der Waals surface area (Å²) >= 11 is 0. The number of hydrogen-bond acceptors (Lipinski definition) is 4. The van der Waals surface area contributed by atoms with Gasteiger partial charge in [0, 0.05) is 18.8 Å². The molecule has 0 heterocycles.